The highest BCUT2D eigenvalue weighted by Gasteiger charge is 2.02. The van der Waals surface area contributed by atoms with Gasteiger partial charge in [0.05, 0.1) is 0 Å². The first kappa shape index (κ1) is 12.8. The molecule has 88 valence electrons. The van der Waals surface area contributed by atoms with Gasteiger partial charge in [-0.05, 0) is 45.2 Å². The molecule has 0 fully saturated rings. The van der Waals surface area contributed by atoms with Crippen LogP contribution in [-0.4, -0.2) is 13.1 Å². The molecule has 0 aromatic heterocycles. The second-order valence-corrected chi connectivity index (χ2v) is 4.67. The van der Waals surface area contributed by atoms with Crippen LogP contribution in [-0.2, 0) is 0 Å². The van der Waals surface area contributed by atoms with E-state index < -0.39 is 0 Å². The summed E-state index contributed by atoms with van der Waals surface area (Å²) < 4.78 is 0. The number of hydrogen-bond acceptors (Lipinski definition) is 1. The van der Waals surface area contributed by atoms with Gasteiger partial charge in [0, 0.05) is 0 Å². The van der Waals surface area contributed by atoms with E-state index in [0.29, 0.717) is 0 Å². The van der Waals surface area contributed by atoms with Crippen LogP contribution in [0.2, 0.25) is 0 Å². The van der Waals surface area contributed by atoms with Crippen LogP contribution in [0.1, 0.15) is 64.7 Å². The maximum Gasteiger partial charge on any atom is -0.00116 e. The van der Waals surface area contributed by atoms with Gasteiger partial charge in [-0.15, -0.1) is 0 Å². The molecule has 15 heavy (non-hydrogen) atoms. The smallest absolute Gasteiger partial charge is 0.00116 e. The zero-order valence-corrected chi connectivity index (χ0v) is 10.4. The lowest BCUT2D eigenvalue weighted by Gasteiger charge is -2.05. The third-order valence-corrected chi connectivity index (χ3v) is 3.22. The van der Waals surface area contributed by atoms with Crippen LogP contribution in [0.25, 0.3) is 0 Å². The largest absolute Gasteiger partial charge is 0.316 e. The molecule has 1 heteroatoms. The van der Waals surface area contributed by atoms with E-state index in [4.69, 9.17) is 0 Å². The van der Waals surface area contributed by atoms with Gasteiger partial charge in [-0.1, -0.05) is 44.3 Å². The Bertz CT molecular complexity index is 172. The first-order valence-corrected chi connectivity index (χ1v) is 6.82. The molecule has 1 aliphatic carbocycles. The maximum absolute atomic E-state index is 3.55. The Hall–Kier alpha value is -0.300. The van der Waals surface area contributed by atoms with Gasteiger partial charge < -0.3 is 5.32 Å². The first-order chi connectivity index (χ1) is 7.43. The van der Waals surface area contributed by atoms with Crippen LogP contribution in [0.5, 0.6) is 0 Å². The van der Waals surface area contributed by atoms with Gasteiger partial charge in [0.25, 0.3) is 0 Å². The van der Waals surface area contributed by atoms with Gasteiger partial charge in [-0.3, -0.25) is 0 Å². The average molecular weight is 209 g/mol. The van der Waals surface area contributed by atoms with Gasteiger partial charge >= 0.3 is 0 Å². The van der Waals surface area contributed by atoms with Crippen molar-refractivity contribution in [3.63, 3.8) is 0 Å². The molecule has 1 aliphatic rings. The minimum Gasteiger partial charge on any atom is -0.316 e. The minimum absolute atomic E-state index is 1.19. The number of hydrogen-bond donors (Lipinski definition) is 1. The summed E-state index contributed by atoms with van der Waals surface area (Å²) in [5.41, 5.74) is 1.69. The van der Waals surface area contributed by atoms with Crippen molar-refractivity contribution in [1.82, 2.24) is 5.32 Å². The molecule has 0 amide bonds. The molecule has 0 radical (unpaired) electrons. The van der Waals surface area contributed by atoms with Gasteiger partial charge in [-0.2, -0.15) is 0 Å². The molecule has 1 rings (SSSR count). The molecular weight excluding hydrogens is 182 g/mol. The van der Waals surface area contributed by atoms with Gasteiger partial charge in [0.15, 0.2) is 0 Å². The first-order valence-electron chi connectivity index (χ1n) is 6.82. The number of rotatable bonds is 9. The van der Waals surface area contributed by atoms with Crippen molar-refractivity contribution >= 4 is 0 Å². The fraction of sp³-hybridized carbons (Fsp3) is 0.857. The molecule has 0 saturated heterocycles. The summed E-state index contributed by atoms with van der Waals surface area (Å²) in [6.45, 7) is 4.68. The third-order valence-electron chi connectivity index (χ3n) is 3.22. The predicted octanol–water partition coefficient (Wildman–Crippen LogP) is 4.05. The Morgan fingerprint density at radius 3 is 2.73 bits per heavy atom. The van der Waals surface area contributed by atoms with E-state index >= 15 is 0 Å². The van der Waals surface area contributed by atoms with Crippen molar-refractivity contribution in [1.29, 1.82) is 0 Å². The second kappa shape index (κ2) is 8.96. The molecule has 0 unspecified atom stereocenters. The van der Waals surface area contributed by atoms with Crippen molar-refractivity contribution in [2.24, 2.45) is 0 Å². The highest BCUT2D eigenvalue weighted by Crippen LogP contribution is 2.19. The minimum atomic E-state index is 1.19. The summed E-state index contributed by atoms with van der Waals surface area (Å²) in [5.74, 6) is 0. The lowest BCUT2D eigenvalue weighted by molar-refractivity contribution is 0.582. The number of nitrogens with one attached hydrogen (secondary N) is 1. The summed E-state index contributed by atoms with van der Waals surface area (Å²) >= 11 is 0. The normalized spacial score (nSPS) is 15.7. The van der Waals surface area contributed by atoms with E-state index in [9.17, 15) is 0 Å². The highest BCUT2D eigenvalue weighted by molar-refractivity contribution is 5.07. The van der Waals surface area contributed by atoms with Crippen LogP contribution < -0.4 is 5.32 Å². The Morgan fingerprint density at radius 2 is 2.00 bits per heavy atom. The summed E-state index contributed by atoms with van der Waals surface area (Å²) in [6, 6.07) is 0. The molecule has 0 aromatic rings. The van der Waals surface area contributed by atoms with Crippen molar-refractivity contribution in [2.75, 3.05) is 13.1 Å². The number of unbranched alkanes of at least 4 members (excludes halogenated alkanes) is 4. The molecule has 0 bridgehead atoms. The van der Waals surface area contributed by atoms with Crippen LogP contribution in [0.3, 0.4) is 0 Å². The van der Waals surface area contributed by atoms with Crippen LogP contribution >= 0.6 is 0 Å². The molecule has 0 heterocycles. The molecule has 0 aliphatic heterocycles. The van der Waals surface area contributed by atoms with E-state index in [1.165, 1.54) is 70.9 Å². The van der Waals surface area contributed by atoms with Gasteiger partial charge in [-0.25, -0.2) is 0 Å². The zero-order valence-electron chi connectivity index (χ0n) is 10.4. The fourth-order valence-corrected chi connectivity index (χ4v) is 2.19. The van der Waals surface area contributed by atoms with Crippen LogP contribution in [0.15, 0.2) is 11.6 Å². The van der Waals surface area contributed by atoms with Crippen LogP contribution in [0, 0.1) is 0 Å². The highest BCUT2D eigenvalue weighted by atomic mass is 14.8. The summed E-state index contributed by atoms with van der Waals surface area (Å²) in [7, 11) is 0. The standard InChI is InChI=1S/C14H27N/c1-2-3-4-5-8-12-15-13-11-14-9-6-7-10-14/h9,15H,2-8,10-13H2,1H3. The lowest BCUT2D eigenvalue weighted by Crippen LogP contribution is -2.16. The van der Waals surface area contributed by atoms with Gasteiger partial charge in [0.1, 0.15) is 0 Å². The molecule has 0 aromatic carbocycles. The zero-order chi connectivity index (χ0) is 10.8. The lowest BCUT2D eigenvalue weighted by atomic mass is 10.1. The average Bonchev–Trinajstić information content (AvgIpc) is 2.75. The van der Waals surface area contributed by atoms with Crippen LogP contribution in [0.4, 0.5) is 0 Å². The van der Waals surface area contributed by atoms with E-state index in [1.54, 1.807) is 5.57 Å². The number of allylic oxidation sites excluding steroid dienone is 1. The molecule has 1 nitrogen and oxygen atoms in total. The fourth-order valence-electron chi connectivity index (χ4n) is 2.19. The Labute approximate surface area is 95.3 Å². The van der Waals surface area contributed by atoms with Crippen molar-refractivity contribution in [3.8, 4) is 0 Å². The SMILES string of the molecule is CCCCCCCNCCC1=CCCC1. The molecular formula is C14H27N. The van der Waals surface area contributed by atoms with Crippen molar-refractivity contribution in [3.05, 3.63) is 11.6 Å². The molecule has 1 N–H and O–H groups in total. The predicted molar refractivity (Wildman–Crippen MR) is 68.2 cm³/mol. The Kier molecular flexibility index (Phi) is 7.63. The molecule has 0 saturated carbocycles. The molecule has 0 atom stereocenters. The van der Waals surface area contributed by atoms with E-state index in [0.717, 1.165) is 0 Å². The Balaban J connectivity index is 1.77. The monoisotopic (exact) mass is 209 g/mol. The van der Waals surface area contributed by atoms with E-state index in [1.807, 2.05) is 0 Å². The summed E-state index contributed by atoms with van der Waals surface area (Å²) in [5, 5.41) is 3.55. The maximum atomic E-state index is 3.55. The summed E-state index contributed by atoms with van der Waals surface area (Å²) in [4.78, 5) is 0. The topological polar surface area (TPSA) is 12.0 Å². The molecule has 0 spiro atoms. The quantitative estimate of drug-likeness (QED) is 0.446. The van der Waals surface area contributed by atoms with E-state index in [-0.39, 0.29) is 0 Å². The second-order valence-electron chi connectivity index (χ2n) is 4.67. The van der Waals surface area contributed by atoms with Crippen molar-refractivity contribution in [2.45, 2.75) is 64.7 Å². The van der Waals surface area contributed by atoms with Gasteiger partial charge in [0.2, 0.25) is 0 Å². The Morgan fingerprint density at radius 1 is 1.13 bits per heavy atom. The van der Waals surface area contributed by atoms with Crippen molar-refractivity contribution < 1.29 is 0 Å². The third kappa shape index (κ3) is 6.72. The summed E-state index contributed by atoms with van der Waals surface area (Å²) in [6.07, 6.45) is 14.7. The van der Waals surface area contributed by atoms with E-state index in [2.05, 4.69) is 18.3 Å².